The van der Waals surface area contributed by atoms with Crippen molar-refractivity contribution in [3.8, 4) is 22.5 Å². The van der Waals surface area contributed by atoms with Crippen molar-refractivity contribution in [2.75, 3.05) is 25.0 Å². The van der Waals surface area contributed by atoms with Gasteiger partial charge >= 0.3 is 6.18 Å². The number of carbonyl (C=O) groups is 1. The van der Waals surface area contributed by atoms with Crippen LogP contribution in [0.25, 0.3) is 28.2 Å². The Balaban J connectivity index is 1.33. The number of benzene rings is 1. The van der Waals surface area contributed by atoms with Gasteiger partial charge in [-0.3, -0.25) is 9.48 Å². The van der Waals surface area contributed by atoms with Gasteiger partial charge in [0.15, 0.2) is 17.6 Å². The van der Waals surface area contributed by atoms with Crippen molar-refractivity contribution in [1.29, 1.82) is 0 Å². The smallest absolute Gasteiger partial charge is 0.382 e. The average molecular weight is 627 g/mol. The molecule has 0 radical (unpaired) electrons. The molecule has 1 amide bonds. The Labute approximate surface area is 253 Å². The first-order chi connectivity index (χ1) is 21.5. The fourth-order valence-corrected chi connectivity index (χ4v) is 5.61. The van der Waals surface area contributed by atoms with Crippen LogP contribution in [0.1, 0.15) is 34.8 Å². The standard InChI is InChI=1S/C30H27F5N8O2/c1-41-28(18-9-12-42(13-10-18)15-22(44)30(33,34)35)26(27(40-41)17-2-4-20(31)5-3-17)21-6-7-25-37-24(16-43(25)39-21)38-29(45)19-8-11-36-23(32)14-19/h2-8,11,14,16,18,22,44H,9-10,12-13,15H2,1H3,(H,38,45)/t22-/m1/s1. The lowest BCUT2D eigenvalue weighted by atomic mass is 9.88. The first-order valence-electron chi connectivity index (χ1n) is 14.1. The topological polar surface area (TPSA) is 113 Å². The number of aryl methyl sites for hydroxylation is 1. The highest BCUT2D eigenvalue weighted by Crippen LogP contribution is 2.40. The zero-order valence-corrected chi connectivity index (χ0v) is 23.8. The summed E-state index contributed by atoms with van der Waals surface area (Å²) in [5.41, 5.74) is 3.66. The normalized spacial score (nSPS) is 15.4. The number of halogens is 5. The van der Waals surface area contributed by atoms with Crippen molar-refractivity contribution in [2.45, 2.75) is 31.0 Å². The van der Waals surface area contributed by atoms with E-state index in [1.165, 1.54) is 35.1 Å². The van der Waals surface area contributed by atoms with Crippen LogP contribution in [-0.2, 0) is 7.05 Å². The quantitative estimate of drug-likeness (QED) is 0.197. The Bertz CT molecular complexity index is 1850. The Kier molecular flexibility index (Phi) is 8.05. The maximum atomic E-state index is 13.8. The predicted octanol–water partition coefficient (Wildman–Crippen LogP) is 4.82. The van der Waals surface area contributed by atoms with E-state index in [0.717, 1.165) is 11.8 Å². The van der Waals surface area contributed by atoms with Gasteiger partial charge in [0.2, 0.25) is 5.95 Å². The van der Waals surface area contributed by atoms with Crippen molar-refractivity contribution in [3.05, 3.63) is 83.9 Å². The van der Waals surface area contributed by atoms with Crippen molar-refractivity contribution in [3.63, 3.8) is 0 Å². The molecule has 0 aliphatic carbocycles. The van der Waals surface area contributed by atoms with Gasteiger partial charge in [0.1, 0.15) is 11.5 Å². The van der Waals surface area contributed by atoms with E-state index in [0.29, 0.717) is 54.1 Å². The number of aliphatic hydroxyl groups is 1. The number of imidazole rings is 1. The number of anilines is 1. The fraction of sp³-hybridized carbons (Fsp3) is 0.300. The molecule has 5 heterocycles. The molecule has 1 saturated heterocycles. The number of rotatable bonds is 7. The summed E-state index contributed by atoms with van der Waals surface area (Å²) in [4.78, 5) is 22.0. The predicted molar refractivity (Wildman–Crippen MR) is 153 cm³/mol. The molecule has 45 heavy (non-hydrogen) atoms. The zero-order chi connectivity index (χ0) is 31.9. The van der Waals surface area contributed by atoms with E-state index < -0.39 is 36.5 Å². The van der Waals surface area contributed by atoms with Crippen LogP contribution in [0.5, 0.6) is 0 Å². The molecule has 4 aromatic heterocycles. The van der Waals surface area contributed by atoms with Gasteiger partial charge in [-0.15, -0.1) is 0 Å². The third-order valence-electron chi connectivity index (χ3n) is 7.80. The highest BCUT2D eigenvalue weighted by Gasteiger charge is 2.40. The van der Waals surface area contributed by atoms with Crippen LogP contribution in [-0.4, -0.2) is 77.2 Å². The number of aromatic nitrogens is 6. The van der Waals surface area contributed by atoms with Crippen LogP contribution in [0.2, 0.25) is 0 Å². The molecule has 0 spiro atoms. The van der Waals surface area contributed by atoms with Crippen LogP contribution in [0.4, 0.5) is 27.8 Å². The van der Waals surface area contributed by atoms with E-state index in [4.69, 9.17) is 10.2 Å². The number of amides is 1. The lowest BCUT2D eigenvalue weighted by Crippen LogP contribution is -2.44. The molecular weight excluding hydrogens is 599 g/mol. The van der Waals surface area contributed by atoms with E-state index in [2.05, 4.69) is 15.3 Å². The molecule has 1 aliphatic heterocycles. The first kappa shape index (κ1) is 30.3. The molecule has 0 unspecified atom stereocenters. The lowest BCUT2D eigenvalue weighted by Gasteiger charge is -2.33. The number of fused-ring (bicyclic) bond motifs is 1. The second-order valence-electron chi connectivity index (χ2n) is 10.8. The van der Waals surface area contributed by atoms with E-state index in [1.54, 1.807) is 40.9 Å². The highest BCUT2D eigenvalue weighted by atomic mass is 19.4. The molecule has 1 aromatic carbocycles. The summed E-state index contributed by atoms with van der Waals surface area (Å²) in [6.07, 6.45) is -3.39. The van der Waals surface area contributed by atoms with Crippen LogP contribution >= 0.6 is 0 Å². The van der Waals surface area contributed by atoms with Gasteiger partial charge in [-0.25, -0.2) is 18.9 Å². The lowest BCUT2D eigenvalue weighted by molar-refractivity contribution is -0.208. The number of hydrogen-bond acceptors (Lipinski definition) is 7. The van der Waals surface area contributed by atoms with E-state index >= 15 is 0 Å². The van der Waals surface area contributed by atoms with E-state index in [-0.39, 0.29) is 17.3 Å². The maximum absolute atomic E-state index is 13.8. The van der Waals surface area contributed by atoms with Gasteiger partial charge in [-0.05, 0) is 68.4 Å². The number of hydrogen-bond donors (Lipinski definition) is 2. The Hall–Kier alpha value is -4.76. The van der Waals surface area contributed by atoms with Crippen LogP contribution in [0.15, 0.2) is 60.9 Å². The summed E-state index contributed by atoms with van der Waals surface area (Å²) in [5.74, 6) is -1.70. The molecule has 0 bridgehead atoms. The minimum Gasteiger partial charge on any atom is -0.382 e. The van der Waals surface area contributed by atoms with Crippen molar-refractivity contribution in [1.82, 2.24) is 34.3 Å². The molecular formula is C30H27F5N8O2. The SMILES string of the molecule is Cn1nc(-c2ccc(F)cc2)c(-c2ccc3nc(NC(=O)c4ccnc(F)c4)cn3n2)c1C1CCN(C[C@@H](O)C(F)(F)F)CC1. The van der Waals surface area contributed by atoms with Gasteiger partial charge in [-0.2, -0.15) is 27.8 Å². The Morgan fingerprint density at radius 3 is 2.49 bits per heavy atom. The Morgan fingerprint density at radius 2 is 1.80 bits per heavy atom. The molecule has 5 aromatic rings. The molecule has 1 aliphatic rings. The van der Waals surface area contributed by atoms with E-state index in [1.807, 2.05) is 0 Å². The number of pyridine rings is 1. The molecule has 1 atom stereocenters. The number of β-amino-alcohol motifs (C(OH)–C–C–N with tert-alkyl or cyclic N) is 1. The van der Waals surface area contributed by atoms with Crippen LogP contribution in [0.3, 0.4) is 0 Å². The van der Waals surface area contributed by atoms with Gasteiger partial charge in [0.05, 0.1) is 23.1 Å². The number of piperidine rings is 1. The van der Waals surface area contributed by atoms with Crippen molar-refractivity contribution in [2.24, 2.45) is 7.05 Å². The highest BCUT2D eigenvalue weighted by molar-refractivity contribution is 6.03. The third-order valence-corrected chi connectivity index (χ3v) is 7.80. The summed E-state index contributed by atoms with van der Waals surface area (Å²) < 4.78 is 69.3. The minimum absolute atomic E-state index is 0.0658. The monoisotopic (exact) mass is 626 g/mol. The summed E-state index contributed by atoms with van der Waals surface area (Å²) in [7, 11) is 1.77. The molecule has 2 N–H and O–H groups in total. The molecule has 6 rings (SSSR count). The molecule has 0 saturated carbocycles. The third kappa shape index (κ3) is 6.40. The summed E-state index contributed by atoms with van der Waals surface area (Å²) in [6.45, 7) is 0.183. The maximum Gasteiger partial charge on any atom is 0.415 e. The summed E-state index contributed by atoms with van der Waals surface area (Å²) >= 11 is 0. The van der Waals surface area contributed by atoms with Crippen LogP contribution < -0.4 is 5.32 Å². The molecule has 234 valence electrons. The van der Waals surface area contributed by atoms with Gasteiger partial charge < -0.3 is 15.3 Å². The summed E-state index contributed by atoms with van der Waals surface area (Å²) in [6, 6.07) is 11.7. The van der Waals surface area contributed by atoms with Gasteiger partial charge in [0, 0.05) is 42.9 Å². The number of alkyl halides is 3. The van der Waals surface area contributed by atoms with Gasteiger partial charge in [0.25, 0.3) is 5.91 Å². The average Bonchev–Trinajstić information content (AvgIpc) is 3.57. The number of likely N-dealkylation sites (tertiary alicyclic amines) is 1. The number of nitrogens with zero attached hydrogens (tertiary/aromatic N) is 7. The summed E-state index contributed by atoms with van der Waals surface area (Å²) in [5, 5.41) is 21.7. The van der Waals surface area contributed by atoms with Crippen molar-refractivity contribution < 1.29 is 31.9 Å². The zero-order valence-electron chi connectivity index (χ0n) is 23.8. The minimum atomic E-state index is -4.69. The molecule has 10 nitrogen and oxygen atoms in total. The fourth-order valence-electron chi connectivity index (χ4n) is 5.61. The van der Waals surface area contributed by atoms with Crippen molar-refractivity contribution >= 4 is 17.4 Å². The number of nitrogens with one attached hydrogen (secondary N) is 1. The van der Waals surface area contributed by atoms with Crippen LogP contribution in [0, 0.1) is 11.8 Å². The number of carbonyl (C=O) groups excluding carboxylic acids is 1. The second kappa shape index (κ2) is 12.0. The second-order valence-corrected chi connectivity index (χ2v) is 10.8. The Morgan fingerprint density at radius 1 is 1.07 bits per heavy atom. The molecule has 15 heteroatoms. The molecule has 1 fully saturated rings. The first-order valence-corrected chi connectivity index (χ1v) is 14.1. The largest absolute Gasteiger partial charge is 0.415 e. The van der Waals surface area contributed by atoms with E-state index in [9.17, 15) is 31.9 Å². The van der Waals surface area contributed by atoms with Gasteiger partial charge in [-0.1, -0.05) is 0 Å². The number of aliphatic hydroxyl groups excluding tert-OH is 1.